The van der Waals surface area contributed by atoms with E-state index in [2.05, 4.69) is 4.98 Å². The first-order chi connectivity index (χ1) is 9.33. The lowest BCUT2D eigenvalue weighted by molar-refractivity contribution is -0.156. The van der Waals surface area contributed by atoms with E-state index in [0.29, 0.717) is 10.9 Å². The van der Waals surface area contributed by atoms with Gasteiger partial charge in [-0.25, -0.2) is 4.39 Å². The first-order valence-electron chi connectivity index (χ1n) is 5.76. The lowest BCUT2D eigenvalue weighted by Gasteiger charge is -2.14. The van der Waals surface area contributed by atoms with E-state index < -0.39 is 31.1 Å². The molecule has 1 N–H and O–H groups in total. The molecule has 2 aromatic rings. The Bertz CT molecular complexity index is 600. The van der Waals surface area contributed by atoms with Crippen LogP contribution in [-0.2, 0) is 0 Å². The van der Waals surface area contributed by atoms with E-state index in [0.717, 1.165) is 0 Å². The van der Waals surface area contributed by atoms with Gasteiger partial charge in [-0.1, -0.05) is 0 Å². The molecule has 1 atom stereocenters. The Kier molecular flexibility index (Phi) is 4.08. The lowest BCUT2D eigenvalue weighted by atomic mass is 10.2. The zero-order valence-electron chi connectivity index (χ0n) is 10.2. The Morgan fingerprint density at radius 3 is 2.70 bits per heavy atom. The summed E-state index contributed by atoms with van der Waals surface area (Å²) in [6.45, 7) is -0.512. The molecule has 0 radical (unpaired) electrons. The number of hydrogen-bond donors (Lipinski definition) is 1. The minimum absolute atomic E-state index is 0.171. The van der Waals surface area contributed by atoms with E-state index in [4.69, 9.17) is 4.74 Å². The zero-order valence-corrected chi connectivity index (χ0v) is 10.2. The quantitative estimate of drug-likeness (QED) is 0.880. The molecule has 0 aliphatic carbocycles. The van der Waals surface area contributed by atoms with Crippen molar-refractivity contribution in [3.8, 4) is 5.75 Å². The number of rotatable bonds is 4. The monoisotopic (exact) mass is 289 g/mol. The molecule has 0 amide bonds. The topological polar surface area (TPSA) is 42.4 Å². The van der Waals surface area contributed by atoms with Crippen LogP contribution < -0.4 is 4.74 Å². The molecule has 0 spiro atoms. The summed E-state index contributed by atoms with van der Waals surface area (Å²) in [7, 11) is 0. The van der Waals surface area contributed by atoms with Gasteiger partial charge in [0, 0.05) is 5.39 Å². The van der Waals surface area contributed by atoms with Gasteiger partial charge in [-0.05, 0) is 24.3 Å². The van der Waals surface area contributed by atoms with Gasteiger partial charge in [-0.2, -0.15) is 13.2 Å². The summed E-state index contributed by atoms with van der Waals surface area (Å²) < 4.78 is 54.1. The highest BCUT2D eigenvalue weighted by molar-refractivity contribution is 5.79. The fraction of sp³-hybridized carbons (Fsp3) is 0.308. The average molecular weight is 289 g/mol. The predicted octanol–water partition coefficient (Wildman–Crippen LogP) is 3.07. The second kappa shape index (κ2) is 5.62. The highest BCUT2D eigenvalue weighted by Crippen LogP contribution is 2.23. The van der Waals surface area contributed by atoms with E-state index in [9.17, 15) is 22.7 Å². The molecule has 0 aliphatic rings. The molecule has 0 fully saturated rings. The summed E-state index contributed by atoms with van der Waals surface area (Å²) in [6, 6.07) is 5.42. The summed E-state index contributed by atoms with van der Waals surface area (Å²) in [6.07, 6.45) is -6.14. The van der Waals surface area contributed by atoms with Crippen molar-refractivity contribution >= 4 is 10.9 Å². The van der Waals surface area contributed by atoms with Crippen molar-refractivity contribution in [2.45, 2.75) is 18.7 Å². The van der Waals surface area contributed by atoms with Crippen LogP contribution in [0.3, 0.4) is 0 Å². The smallest absolute Gasteiger partial charge is 0.391 e. The molecular weight excluding hydrogens is 278 g/mol. The maximum atomic E-state index is 13.0. The Morgan fingerprint density at radius 1 is 1.25 bits per heavy atom. The fourth-order valence-corrected chi connectivity index (χ4v) is 1.68. The van der Waals surface area contributed by atoms with Gasteiger partial charge < -0.3 is 9.84 Å². The first kappa shape index (κ1) is 14.5. The molecule has 0 unspecified atom stereocenters. The molecular formula is C13H11F4NO2. The summed E-state index contributed by atoms with van der Waals surface area (Å²) in [5.41, 5.74) is 0.537. The number of ether oxygens (including phenoxy) is 1. The van der Waals surface area contributed by atoms with Crippen LogP contribution in [0.15, 0.2) is 30.5 Å². The van der Waals surface area contributed by atoms with Crippen molar-refractivity contribution < 1.29 is 27.4 Å². The second-order valence-electron chi connectivity index (χ2n) is 4.29. The SMILES string of the molecule is O[C@H](COc1cnc2ccc(F)cc2c1)CC(F)(F)F. The van der Waals surface area contributed by atoms with Crippen molar-refractivity contribution in [2.24, 2.45) is 0 Å². The number of fused-ring (bicyclic) bond motifs is 1. The van der Waals surface area contributed by atoms with E-state index in [-0.39, 0.29) is 5.75 Å². The van der Waals surface area contributed by atoms with E-state index in [1.807, 2.05) is 0 Å². The number of aromatic nitrogens is 1. The van der Waals surface area contributed by atoms with Gasteiger partial charge in [0.1, 0.15) is 18.2 Å². The number of alkyl halides is 3. The van der Waals surface area contributed by atoms with Gasteiger partial charge in [0.25, 0.3) is 0 Å². The van der Waals surface area contributed by atoms with E-state index >= 15 is 0 Å². The molecule has 1 heterocycles. The summed E-state index contributed by atoms with van der Waals surface area (Å²) >= 11 is 0. The number of aliphatic hydroxyl groups excluding tert-OH is 1. The minimum atomic E-state index is -4.45. The number of benzene rings is 1. The van der Waals surface area contributed by atoms with Gasteiger partial charge in [0.2, 0.25) is 0 Å². The standard InChI is InChI=1S/C13H11F4NO2/c14-9-1-2-12-8(3-9)4-11(6-18-12)20-7-10(19)5-13(15,16)17/h1-4,6,10,19H,5,7H2/t10-/m0/s1. The van der Waals surface area contributed by atoms with Gasteiger partial charge in [-0.3, -0.25) is 4.98 Å². The third-order valence-electron chi connectivity index (χ3n) is 2.53. The molecule has 0 saturated heterocycles. The maximum absolute atomic E-state index is 13.0. The van der Waals surface area contributed by atoms with Crippen LogP contribution in [0, 0.1) is 5.82 Å². The van der Waals surface area contributed by atoms with Crippen molar-refractivity contribution in [3.05, 3.63) is 36.3 Å². The van der Waals surface area contributed by atoms with Crippen LogP contribution in [0.1, 0.15) is 6.42 Å². The molecule has 108 valence electrons. The number of aliphatic hydroxyl groups is 1. The number of pyridine rings is 1. The Hall–Kier alpha value is -1.89. The zero-order chi connectivity index (χ0) is 14.8. The molecule has 3 nitrogen and oxygen atoms in total. The van der Waals surface area contributed by atoms with Crippen molar-refractivity contribution in [1.29, 1.82) is 0 Å². The van der Waals surface area contributed by atoms with Gasteiger partial charge in [-0.15, -0.1) is 0 Å². The second-order valence-corrected chi connectivity index (χ2v) is 4.29. The summed E-state index contributed by atoms with van der Waals surface area (Å²) in [4.78, 5) is 3.98. The molecule has 7 heteroatoms. The summed E-state index contributed by atoms with van der Waals surface area (Å²) in [5, 5.41) is 9.64. The fourth-order valence-electron chi connectivity index (χ4n) is 1.68. The van der Waals surface area contributed by atoms with Gasteiger partial charge in [0.15, 0.2) is 0 Å². The predicted molar refractivity (Wildman–Crippen MR) is 63.9 cm³/mol. The van der Waals surface area contributed by atoms with E-state index in [1.165, 1.54) is 30.5 Å². The Labute approximate surface area is 111 Å². The highest BCUT2D eigenvalue weighted by Gasteiger charge is 2.31. The van der Waals surface area contributed by atoms with Crippen molar-refractivity contribution in [2.75, 3.05) is 6.61 Å². The molecule has 0 saturated carbocycles. The van der Waals surface area contributed by atoms with Crippen LogP contribution in [0.5, 0.6) is 5.75 Å². The van der Waals surface area contributed by atoms with Crippen molar-refractivity contribution in [3.63, 3.8) is 0 Å². The highest BCUT2D eigenvalue weighted by atomic mass is 19.4. The minimum Gasteiger partial charge on any atom is -0.489 e. The summed E-state index contributed by atoms with van der Waals surface area (Å²) in [5.74, 6) is -0.280. The lowest BCUT2D eigenvalue weighted by Crippen LogP contribution is -2.25. The van der Waals surface area contributed by atoms with Gasteiger partial charge in [0.05, 0.1) is 24.2 Å². The van der Waals surface area contributed by atoms with E-state index in [1.54, 1.807) is 0 Å². The number of nitrogens with zero attached hydrogens (tertiary/aromatic N) is 1. The van der Waals surface area contributed by atoms with Crippen LogP contribution in [0.2, 0.25) is 0 Å². The molecule has 1 aromatic heterocycles. The largest absolute Gasteiger partial charge is 0.489 e. The van der Waals surface area contributed by atoms with Crippen LogP contribution in [-0.4, -0.2) is 29.0 Å². The molecule has 0 aliphatic heterocycles. The Balaban J connectivity index is 2.03. The van der Waals surface area contributed by atoms with Crippen LogP contribution >= 0.6 is 0 Å². The maximum Gasteiger partial charge on any atom is 0.391 e. The third-order valence-corrected chi connectivity index (χ3v) is 2.53. The van der Waals surface area contributed by atoms with Crippen LogP contribution in [0.4, 0.5) is 17.6 Å². The first-order valence-corrected chi connectivity index (χ1v) is 5.76. The third kappa shape index (κ3) is 4.06. The van der Waals surface area contributed by atoms with Crippen LogP contribution in [0.25, 0.3) is 10.9 Å². The molecule has 1 aromatic carbocycles. The molecule has 20 heavy (non-hydrogen) atoms. The molecule has 0 bridgehead atoms. The average Bonchev–Trinajstić information content (AvgIpc) is 2.33. The normalized spacial score (nSPS) is 13.4. The van der Waals surface area contributed by atoms with Crippen molar-refractivity contribution in [1.82, 2.24) is 4.98 Å². The molecule has 2 rings (SSSR count). The van der Waals surface area contributed by atoms with Gasteiger partial charge >= 0.3 is 6.18 Å². The number of hydrogen-bond acceptors (Lipinski definition) is 3. The number of halogens is 4. The Morgan fingerprint density at radius 2 is 2.00 bits per heavy atom.